The highest BCUT2D eigenvalue weighted by Gasteiger charge is 2.32. The molecule has 7 nitrogen and oxygen atoms in total. The molecule has 0 spiro atoms. The van der Waals surface area contributed by atoms with Crippen molar-refractivity contribution in [1.82, 2.24) is 14.5 Å². The molecule has 34 heavy (non-hydrogen) atoms. The lowest BCUT2D eigenvalue weighted by molar-refractivity contribution is -0.126. The summed E-state index contributed by atoms with van der Waals surface area (Å²) in [4.78, 5) is 26.6. The molecule has 1 saturated heterocycles. The molecule has 3 rings (SSSR count). The van der Waals surface area contributed by atoms with Gasteiger partial charge in [-0.25, -0.2) is 8.42 Å². The second-order valence-corrected chi connectivity index (χ2v) is 10.7. The van der Waals surface area contributed by atoms with E-state index in [9.17, 15) is 18.0 Å². The van der Waals surface area contributed by atoms with Gasteiger partial charge in [0, 0.05) is 37.7 Å². The Kier molecular flexibility index (Phi) is 8.99. The molecule has 1 aliphatic rings. The molecule has 0 radical (unpaired) electrons. The van der Waals surface area contributed by atoms with Crippen molar-refractivity contribution in [1.29, 1.82) is 0 Å². The van der Waals surface area contributed by atoms with Gasteiger partial charge in [-0.15, -0.1) is 0 Å². The zero-order valence-electron chi connectivity index (χ0n) is 20.3. The van der Waals surface area contributed by atoms with Gasteiger partial charge >= 0.3 is 0 Å². The zero-order valence-corrected chi connectivity index (χ0v) is 21.1. The molecule has 1 heterocycles. The Balaban J connectivity index is 1.49. The Morgan fingerprint density at radius 2 is 1.50 bits per heavy atom. The summed E-state index contributed by atoms with van der Waals surface area (Å²) in [5.41, 5.74) is 2.78. The van der Waals surface area contributed by atoms with Crippen LogP contribution in [0.5, 0.6) is 0 Å². The second-order valence-electron chi connectivity index (χ2n) is 8.75. The molecule has 0 atom stereocenters. The monoisotopic (exact) mass is 485 g/mol. The van der Waals surface area contributed by atoms with E-state index in [1.54, 1.807) is 0 Å². The molecule has 2 aromatic rings. The number of Topliss-reactive ketones (excluding diaryl/α,β-unsaturated/α-hetero) is 1. The van der Waals surface area contributed by atoms with Gasteiger partial charge in [-0.05, 0) is 56.1 Å². The van der Waals surface area contributed by atoms with Gasteiger partial charge in [-0.3, -0.25) is 14.5 Å². The van der Waals surface area contributed by atoms with Crippen LogP contribution >= 0.6 is 0 Å². The van der Waals surface area contributed by atoms with Crippen LogP contribution < -0.4 is 5.32 Å². The van der Waals surface area contributed by atoms with E-state index >= 15 is 0 Å². The minimum Gasteiger partial charge on any atom is -0.352 e. The SMILES string of the molecule is CCN(CC)Cc1ccc(CNC(=O)C2CCN(S(=O)(=O)c3ccc(C(C)=O)cc3)CC2)cc1. The van der Waals surface area contributed by atoms with Crippen LogP contribution in [0, 0.1) is 5.92 Å². The number of rotatable bonds is 10. The standard InChI is InChI=1S/C26H35N3O4S/c1-4-28(5-2)19-22-8-6-21(7-9-22)18-27-26(31)24-14-16-29(17-15-24)34(32,33)25-12-10-23(11-13-25)20(3)30/h6-13,24H,4-5,14-19H2,1-3H3,(H,27,31). The zero-order chi connectivity index (χ0) is 24.7. The average Bonchev–Trinajstić information content (AvgIpc) is 2.86. The molecular formula is C26H35N3O4S. The van der Waals surface area contributed by atoms with Crippen molar-refractivity contribution in [3.8, 4) is 0 Å². The van der Waals surface area contributed by atoms with E-state index < -0.39 is 10.0 Å². The van der Waals surface area contributed by atoms with E-state index in [0.717, 1.165) is 25.2 Å². The van der Waals surface area contributed by atoms with E-state index in [-0.39, 0.29) is 22.5 Å². The van der Waals surface area contributed by atoms with E-state index in [0.29, 0.717) is 38.0 Å². The van der Waals surface area contributed by atoms with Crippen LogP contribution in [0.3, 0.4) is 0 Å². The fourth-order valence-electron chi connectivity index (χ4n) is 4.17. The maximum atomic E-state index is 12.9. The molecule has 2 aromatic carbocycles. The van der Waals surface area contributed by atoms with Crippen LogP contribution in [-0.4, -0.2) is 55.5 Å². The predicted molar refractivity (Wildman–Crippen MR) is 133 cm³/mol. The van der Waals surface area contributed by atoms with Gasteiger partial charge in [0.1, 0.15) is 0 Å². The maximum absolute atomic E-state index is 12.9. The molecule has 1 amide bonds. The summed E-state index contributed by atoms with van der Waals surface area (Å²) in [6, 6.07) is 14.3. The van der Waals surface area contributed by atoms with Crippen molar-refractivity contribution in [3.05, 3.63) is 65.2 Å². The lowest BCUT2D eigenvalue weighted by Gasteiger charge is -2.30. The largest absolute Gasteiger partial charge is 0.352 e. The maximum Gasteiger partial charge on any atom is 0.243 e. The molecule has 0 saturated carbocycles. The van der Waals surface area contributed by atoms with Crippen LogP contribution in [0.25, 0.3) is 0 Å². The summed E-state index contributed by atoms with van der Waals surface area (Å²) in [7, 11) is -3.64. The Labute approximate surface area is 203 Å². The van der Waals surface area contributed by atoms with Crippen molar-refractivity contribution < 1.29 is 18.0 Å². The van der Waals surface area contributed by atoms with Gasteiger partial charge in [-0.2, -0.15) is 4.31 Å². The van der Waals surface area contributed by atoms with Crippen LogP contribution in [0.2, 0.25) is 0 Å². The number of nitrogens with zero attached hydrogens (tertiary/aromatic N) is 2. The third-order valence-electron chi connectivity index (χ3n) is 6.51. The highest BCUT2D eigenvalue weighted by atomic mass is 32.2. The van der Waals surface area contributed by atoms with Crippen molar-refractivity contribution in [2.45, 2.75) is 51.6 Å². The Morgan fingerprint density at radius 1 is 0.941 bits per heavy atom. The number of carbonyl (C=O) groups excluding carboxylic acids is 2. The van der Waals surface area contributed by atoms with Gasteiger partial charge < -0.3 is 5.32 Å². The molecule has 0 aromatic heterocycles. The Bertz CT molecular complexity index is 1070. The minimum atomic E-state index is -3.64. The first-order chi connectivity index (χ1) is 16.2. The first-order valence-corrected chi connectivity index (χ1v) is 13.4. The lowest BCUT2D eigenvalue weighted by Crippen LogP contribution is -2.42. The summed E-state index contributed by atoms with van der Waals surface area (Å²) in [6.45, 7) is 9.76. The molecule has 1 N–H and O–H groups in total. The Hall–Kier alpha value is -2.55. The molecule has 1 aliphatic heterocycles. The summed E-state index contributed by atoms with van der Waals surface area (Å²) < 4.78 is 27.3. The quantitative estimate of drug-likeness (QED) is 0.521. The fourth-order valence-corrected chi connectivity index (χ4v) is 5.64. The van der Waals surface area contributed by atoms with Gasteiger partial charge in [-0.1, -0.05) is 50.2 Å². The number of amides is 1. The number of nitrogens with one attached hydrogen (secondary N) is 1. The molecule has 184 valence electrons. The van der Waals surface area contributed by atoms with E-state index in [1.165, 1.54) is 41.1 Å². The topological polar surface area (TPSA) is 86.8 Å². The fraction of sp³-hybridized carbons (Fsp3) is 0.462. The number of benzene rings is 2. The smallest absolute Gasteiger partial charge is 0.243 e. The van der Waals surface area contributed by atoms with Crippen molar-refractivity contribution in [2.24, 2.45) is 5.92 Å². The van der Waals surface area contributed by atoms with E-state index in [2.05, 4.69) is 36.2 Å². The third kappa shape index (κ3) is 6.52. The first-order valence-electron chi connectivity index (χ1n) is 11.9. The third-order valence-corrected chi connectivity index (χ3v) is 8.43. The number of hydrogen-bond donors (Lipinski definition) is 1. The number of ketones is 1. The van der Waals surface area contributed by atoms with Crippen molar-refractivity contribution in [2.75, 3.05) is 26.2 Å². The van der Waals surface area contributed by atoms with E-state index in [1.807, 2.05) is 12.1 Å². The molecule has 1 fully saturated rings. The number of sulfonamides is 1. The van der Waals surface area contributed by atoms with Crippen LogP contribution in [0.4, 0.5) is 0 Å². The number of piperidine rings is 1. The number of hydrogen-bond acceptors (Lipinski definition) is 5. The van der Waals surface area contributed by atoms with Crippen LogP contribution in [0.1, 0.15) is 55.1 Å². The molecule has 0 unspecified atom stereocenters. The van der Waals surface area contributed by atoms with Crippen LogP contribution in [-0.2, 0) is 27.9 Å². The van der Waals surface area contributed by atoms with Gasteiger partial charge in [0.2, 0.25) is 15.9 Å². The first kappa shape index (κ1) is 26.1. The van der Waals surface area contributed by atoms with Gasteiger partial charge in [0.15, 0.2) is 5.78 Å². The highest BCUT2D eigenvalue weighted by Crippen LogP contribution is 2.24. The molecule has 0 aliphatic carbocycles. The molecule has 0 bridgehead atoms. The summed E-state index contributed by atoms with van der Waals surface area (Å²) in [6.07, 6.45) is 0.971. The molecular weight excluding hydrogens is 450 g/mol. The normalized spacial score (nSPS) is 15.4. The predicted octanol–water partition coefficient (Wildman–Crippen LogP) is 3.45. The summed E-state index contributed by atoms with van der Waals surface area (Å²) in [5, 5.41) is 3.00. The summed E-state index contributed by atoms with van der Waals surface area (Å²) in [5.74, 6) is -0.338. The minimum absolute atomic E-state index is 0.0323. The lowest BCUT2D eigenvalue weighted by atomic mass is 9.97. The van der Waals surface area contributed by atoms with Crippen LogP contribution in [0.15, 0.2) is 53.4 Å². The summed E-state index contributed by atoms with van der Waals surface area (Å²) >= 11 is 0. The Morgan fingerprint density at radius 3 is 2.03 bits per heavy atom. The highest BCUT2D eigenvalue weighted by molar-refractivity contribution is 7.89. The average molecular weight is 486 g/mol. The van der Waals surface area contributed by atoms with Crippen molar-refractivity contribution >= 4 is 21.7 Å². The van der Waals surface area contributed by atoms with E-state index in [4.69, 9.17) is 0 Å². The van der Waals surface area contributed by atoms with Gasteiger partial charge in [0.05, 0.1) is 4.90 Å². The van der Waals surface area contributed by atoms with Gasteiger partial charge in [0.25, 0.3) is 0 Å². The van der Waals surface area contributed by atoms with Crippen molar-refractivity contribution in [3.63, 3.8) is 0 Å². The molecule has 8 heteroatoms. The number of carbonyl (C=O) groups is 2. The second kappa shape index (κ2) is 11.7.